The van der Waals surface area contributed by atoms with E-state index in [0.717, 1.165) is 30.3 Å². The lowest BCUT2D eigenvalue weighted by Gasteiger charge is -2.51. The standard InChI is InChI=1S/C25H29Cl2NO2/c1-4-21(5-2)28-23(17-9-11-19(26)12-10-17)22(18-7-6-8-20(27)15-18)16-25(3,13-14-29)24(28)30/h6-12,14-15,21-23H,4-5,13,16H2,1-3H3/t22-,23-,25+/m1/s1. The molecule has 1 saturated heterocycles. The van der Waals surface area contributed by atoms with Crippen LogP contribution in [-0.4, -0.2) is 23.1 Å². The maximum absolute atomic E-state index is 13.8. The maximum Gasteiger partial charge on any atom is 0.229 e. The number of aldehydes is 1. The van der Waals surface area contributed by atoms with E-state index in [4.69, 9.17) is 23.2 Å². The Balaban J connectivity index is 2.22. The van der Waals surface area contributed by atoms with E-state index >= 15 is 0 Å². The largest absolute Gasteiger partial charge is 0.332 e. The zero-order valence-electron chi connectivity index (χ0n) is 17.8. The Bertz CT molecular complexity index is 894. The summed E-state index contributed by atoms with van der Waals surface area (Å²) in [4.78, 5) is 27.4. The molecule has 0 N–H and O–H groups in total. The molecule has 3 rings (SSSR count). The first-order chi connectivity index (χ1) is 14.3. The van der Waals surface area contributed by atoms with Gasteiger partial charge in [-0.2, -0.15) is 0 Å². The third kappa shape index (κ3) is 4.43. The van der Waals surface area contributed by atoms with Crippen molar-refractivity contribution in [2.24, 2.45) is 5.41 Å². The van der Waals surface area contributed by atoms with Gasteiger partial charge >= 0.3 is 0 Å². The van der Waals surface area contributed by atoms with E-state index in [2.05, 4.69) is 19.9 Å². The third-order valence-electron chi connectivity index (χ3n) is 6.46. The highest BCUT2D eigenvalue weighted by Gasteiger charge is 2.50. The number of benzene rings is 2. The van der Waals surface area contributed by atoms with Crippen LogP contribution in [0.3, 0.4) is 0 Å². The second kappa shape index (κ2) is 9.53. The topological polar surface area (TPSA) is 37.4 Å². The number of piperidine rings is 1. The van der Waals surface area contributed by atoms with Gasteiger partial charge in [-0.1, -0.05) is 68.2 Å². The minimum Gasteiger partial charge on any atom is -0.332 e. The van der Waals surface area contributed by atoms with Crippen LogP contribution >= 0.6 is 23.2 Å². The summed E-state index contributed by atoms with van der Waals surface area (Å²) in [7, 11) is 0. The monoisotopic (exact) mass is 445 g/mol. The molecule has 1 fully saturated rings. The molecule has 3 nitrogen and oxygen atoms in total. The molecular formula is C25H29Cl2NO2. The predicted octanol–water partition coefficient (Wildman–Crippen LogP) is 6.83. The molecule has 2 aromatic rings. The number of hydrogen-bond acceptors (Lipinski definition) is 2. The lowest BCUT2D eigenvalue weighted by Crippen LogP contribution is -2.55. The molecule has 0 aromatic heterocycles. The Morgan fingerprint density at radius 3 is 2.30 bits per heavy atom. The van der Waals surface area contributed by atoms with E-state index < -0.39 is 5.41 Å². The van der Waals surface area contributed by atoms with Crippen molar-refractivity contribution < 1.29 is 9.59 Å². The van der Waals surface area contributed by atoms with Crippen molar-refractivity contribution in [3.63, 3.8) is 0 Å². The summed E-state index contributed by atoms with van der Waals surface area (Å²) >= 11 is 12.5. The number of carbonyl (C=O) groups is 2. The number of hydrogen-bond donors (Lipinski definition) is 0. The summed E-state index contributed by atoms with van der Waals surface area (Å²) in [5.74, 6) is 0.0784. The summed E-state index contributed by atoms with van der Waals surface area (Å²) < 4.78 is 0. The maximum atomic E-state index is 13.8. The third-order valence-corrected chi connectivity index (χ3v) is 6.95. The van der Waals surface area contributed by atoms with Crippen molar-refractivity contribution in [3.05, 3.63) is 69.7 Å². The van der Waals surface area contributed by atoms with Crippen LogP contribution in [0.5, 0.6) is 0 Å². The van der Waals surface area contributed by atoms with Crippen molar-refractivity contribution in [1.82, 2.24) is 4.90 Å². The molecule has 0 saturated carbocycles. The van der Waals surface area contributed by atoms with E-state index in [1.54, 1.807) is 0 Å². The van der Waals surface area contributed by atoms with Crippen LogP contribution in [0.1, 0.15) is 69.5 Å². The lowest BCUT2D eigenvalue weighted by molar-refractivity contribution is -0.156. The van der Waals surface area contributed by atoms with E-state index in [9.17, 15) is 9.59 Å². The number of nitrogens with zero attached hydrogens (tertiary/aromatic N) is 1. The van der Waals surface area contributed by atoms with Gasteiger partial charge in [-0.05, 0) is 54.7 Å². The van der Waals surface area contributed by atoms with Crippen LogP contribution < -0.4 is 0 Å². The SMILES string of the molecule is CCC(CC)N1C(=O)[C@@](C)(CC=O)C[C@H](c2cccc(Cl)c2)[C@H]1c1ccc(Cl)cc1. The average Bonchev–Trinajstić information content (AvgIpc) is 2.73. The average molecular weight is 446 g/mol. The quantitative estimate of drug-likeness (QED) is 0.437. The van der Waals surface area contributed by atoms with Gasteiger partial charge in [0.2, 0.25) is 5.91 Å². The number of amides is 1. The van der Waals surface area contributed by atoms with E-state index in [1.165, 1.54) is 0 Å². The highest BCUT2D eigenvalue weighted by Crippen LogP contribution is 2.52. The van der Waals surface area contributed by atoms with Gasteiger partial charge in [-0.15, -0.1) is 0 Å². The van der Waals surface area contributed by atoms with Gasteiger partial charge in [-0.25, -0.2) is 0 Å². The van der Waals surface area contributed by atoms with Crippen molar-refractivity contribution in [2.45, 2.75) is 64.5 Å². The number of rotatable bonds is 7. The van der Waals surface area contributed by atoms with Gasteiger partial charge in [0.15, 0.2) is 0 Å². The fraction of sp³-hybridized carbons (Fsp3) is 0.440. The van der Waals surface area contributed by atoms with Crippen LogP contribution in [0.25, 0.3) is 0 Å². The second-order valence-electron chi connectivity index (χ2n) is 8.48. The fourth-order valence-corrected chi connectivity index (χ4v) is 5.16. The van der Waals surface area contributed by atoms with Gasteiger partial charge in [0.25, 0.3) is 0 Å². The second-order valence-corrected chi connectivity index (χ2v) is 9.35. The van der Waals surface area contributed by atoms with E-state index in [1.807, 2.05) is 54.3 Å². The molecule has 1 heterocycles. The summed E-state index contributed by atoms with van der Waals surface area (Å²) in [6.45, 7) is 6.15. The smallest absolute Gasteiger partial charge is 0.229 e. The summed E-state index contributed by atoms with van der Waals surface area (Å²) in [5.41, 5.74) is 1.40. The molecule has 1 aliphatic rings. The number of carbonyl (C=O) groups excluding carboxylic acids is 2. The van der Waals surface area contributed by atoms with Gasteiger partial charge in [0, 0.05) is 28.4 Å². The summed E-state index contributed by atoms with van der Waals surface area (Å²) in [6, 6.07) is 15.6. The van der Waals surface area contributed by atoms with E-state index in [-0.39, 0.29) is 30.3 Å². The van der Waals surface area contributed by atoms with Gasteiger partial charge in [-0.3, -0.25) is 4.79 Å². The first kappa shape index (κ1) is 22.8. The molecule has 5 heteroatoms. The van der Waals surface area contributed by atoms with Crippen molar-refractivity contribution >= 4 is 35.4 Å². The molecule has 1 aliphatic heterocycles. The van der Waals surface area contributed by atoms with Crippen LogP contribution in [-0.2, 0) is 9.59 Å². The fourth-order valence-electron chi connectivity index (χ4n) is 4.84. The lowest BCUT2D eigenvalue weighted by atomic mass is 9.67. The minimum atomic E-state index is -0.736. The molecule has 2 aromatic carbocycles. The summed E-state index contributed by atoms with van der Waals surface area (Å²) in [6.07, 6.45) is 3.39. The normalized spacial score (nSPS) is 24.3. The Hall–Kier alpha value is -1.84. The van der Waals surface area contributed by atoms with Crippen LogP contribution in [0, 0.1) is 5.41 Å². The Kier molecular flexibility index (Phi) is 7.26. The Labute approximate surface area is 189 Å². The number of likely N-dealkylation sites (tertiary alicyclic amines) is 1. The molecule has 30 heavy (non-hydrogen) atoms. The molecule has 0 aliphatic carbocycles. The van der Waals surface area contributed by atoms with Crippen LogP contribution in [0.4, 0.5) is 0 Å². The molecule has 1 amide bonds. The molecule has 0 radical (unpaired) electrons. The summed E-state index contributed by atoms with van der Waals surface area (Å²) in [5, 5.41) is 1.34. The van der Waals surface area contributed by atoms with Crippen LogP contribution in [0.2, 0.25) is 10.0 Å². The van der Waals surface area contributed by atoms with Gasteiger partial charge < -0.3 is 9.69 Å². The van der Waals surface area contributed by atoms with Gasteiger partial charge in [0.05, 0.1) is 11.5 Å². The Morgan fingerprint density at radius 1 is 1.07 bits per heavy atom. The highest BCUT2D eigenvalue weighted by atomic mass is 35.5. The van der Waals surface area contributed by atoms with Crippen molar-refractivity contribution in [3.8, 4) is 0 Å². The zero-order chi connectivity index (χ0) is 21.9. The molecule has 160 valence electrons. The van der Waals surface area contributed by atoms with E-state index in [0.29, 0.717) is 16.5 Å². The molecule has 0 bridgehead atoms. The van der Waals surface area contributed by atoms with Crippen molar-refractivity contribution in [2.75, 3.05) is 0 Å². The first-order valence-electron chi connectivity index (χ1n) is 10.6. The highest BCUT2D eigenvalue weighted by molar-refractivity contribution is 6.30. The Morgan fingerprint density at radius 2 is 1.73 bits per heavy atom. The molecule has 0 unspecified atom stereocenters. The van der Waals surface area contributed by atoms with Crippen molar-refractivity contribution in [1.29, 1.82) is 0 Å². The number of halogens is 2. The minimum absolute atomic E-state index is 0.0214. The molecule has 3 atom stereocenters. The first-order valence-corrected chi connectivity index (χ1v) is 11.4. The zero-order valence-corrected chi connectivity index (χ0v) is 19.3. The molecular weight excluding hydrogens is 417 g/mol. The van der Waals surface area contributed by atoms with Gasteiger partial charge in [0.1, 0.15) is 6.29 Å². The predicted molar refractivity (Wildman–Crippen MR) is 123 cm³/mol. The van der Waals surface area contributed by atoms with Crippen LogP contribution in [0.15, 0.2) is 48.5 Å². The molecule has 0 spiro atoms.